The van der Waals surface area contributed by atoms with Gasteiger partial charge in [-0.15, -0.1) is 0 Å². The first-order valence-electron chi connectivity index (χ1n) is 7.32. The molecule has 3 aromatic rings. The van der Waals surface area contributed by atoms with Crippen molar-refractivity contribution in [2.45, 2.75) is 19.8 Å². The number of benzene rings is 2. The van der Waals surface area contributed by atoms with Crippen LogP contribution in [0.5, 0.6) is 0 Å². The standard InChI is InChI=1S/C20H19N/c1-15-10-12-18(13-11-15)20-19(9-6-14-21-20)16(2)17-7-4-3-5-8-17/h3-14,16H,1-2H3. The molecule has 1 nitrogen and oxygen atoms in total. The fourth-order valence-electron chi connectivity index (χ4n) is 2.64. The fraction of sp³-hybridized carbons (Fsp3) is 0.150. The Hall–Kier alpha value is -2.41. The lowest BCUT2D eigenvalue weighted by molar-refractivity contribution is 0.915. The van der Waals surface area contributed by atoms with Gasteiger partial charge in [-0.25, -0.2) is 0 Å². The summed E-state index contributed by atoms with van der Waals surface area (Å²) >= 11 is 0. The van der Waals surface area contributed by atoms with Gasteiger partial charge in [-0.3, -0.25) is 4.98 Å². The van der Waals surface area contributed by atoms with Crippen molar-refractivity contribution in [1.29, 1.82) is 0 Å². The first kappa shape index (κ1) is 13.6. The van der Waals surface area contributed by atoms with E-state index in [1.807, 2.05) is 12.3 Å². The van der Waals surface area contributed by atoms with Crippen LogP contribution in [0.2, 0.25) is 0 Å². The molecule has 0 fully saturated rings. The van der Waals surface area contributed by atoms with Crippen LogP contribution in [0.1, 0.15) is 29.5 Å². The third kappa shape index (κ3) is 2.87. The molecule has 0 radical (unpaired) electrons. The van der Waals surface area contributed by atoms with Gasteiger partial charge in [0.1, 0.15) is 0 Å². The number of hydrogen-bond acceptors (Lipinski definition) is 1. The number of hydrogen-bond donors (Lipinski definition) is 0. The van der Waals surface area contributed by atoms with Crippen LogP contribution < -0.4 is 0 Å². The van der Waals surface area contributed by atoms with Crippen molar-refractivity contribution in [3.8, 4) is 11.3 Å². The fourth-order valence-corrected chi connectivity index (χ4v) is 2.64. The molecule has 0 saturated carbocycles. The van der Waals surface area contributed by atoms with E-state index >= 15 is 0 Å². The van der Waals surface area contributed by atoms with Gasteiger partial charge in [-0.1, -0.05) is 73.2 Å². The average Bonchev–Trinajstić information content (AvgIpc) is 2.56. The summed E-state index contributed by atoms with van der Waals surface area (Å²) in [5.41, 5.74) is 6.12. The van der Waals surface area contributed by atoms with E-state index in [1.165, 1.54) is 22.3 Å². The number of rotatable bonds is 3. The highest BCUT2D eigenvalue weighted by Gasteiger charge is 2.14. The zero-order chi connectivity index (χ0) is 14.7. The summed E-state index contributed by atoms with van der Waals surface area (Å²) < 4.78 is 0. The topological polar surface area (TPSA) is 12.9 Å². The maximum Gasteiger partial charge on any atom is 0.0740 e. The van der Waals surface area contributed by atoms with Crippen molar-refractivity contribution in [3.05, 3.63) is 89.6 Å². The van der Waals surface area contributed by atoms with Crippen LogP contribution in [-0.4, -0.2) is 4.98 Å². The zero-order valence-corrected chi connectivity index (χ0v) is 12.5. The second-order valence-corrected chi connectivity index (χ2v) is 5.44. The Kier molecular flexibility index (Phi) is 3.83. The van der Waals surface area contributed by atoms with Crippen LogP contribution in [0.4, 0.5) is 0 Å². The average molecular weight is 273 g/mol. The van der Waals surface area contributed by atoms with Gasteiger partial charge in [0.2, 0.25) is 0 Å². The predicted molar refractivity (Wildman–Crippen MR) is 88.4 cm³/mol. The number of aromatic nitrogens is 1. The highest BCUT2D eigenvalue weighted by atomic mass is 14.7. The van der Waals surface area contributed by atoms with E-state index in [2.05, 4.69) is 79.5 Å². The minimum atomic E-state index is 0.330. The minimum absolute atomic E-state index is 0.330. The maximum absolute atomic E-state index is 4.63. The van der Waals surface area contributed by atoms with Gasteiger partial charge in [0.05, 0.1) is 5.69 Å². The van der Waals surface area contributed by atoms with E-state index in [9.17, 15) is 0 Å². The SMILES string of the molecule is Cc1ccc(-c2ncccc2C(C)c2ccccc2)cc1. The van der Waals surface area contributed by atoms with Crippen molar-refractivity contribution in [3.63, 3.8) is 0 Å². The van der Waals surface area contributed by atoms with Gasteiger partial charge >= 0.3 is 0 Å². The maximum atomic E-state index is 4.63. The summed E-state index contributed by atoms with van der Waals surface area (Å²) in [4.78, 5) is 4.63. The zero-order valence-electron chi connectivity index (χ0n) is 12.5. The molecule has 0 aliphatic heterocycles. The molecule has 3 rings (SSSR count). The molecule has 2 aromatic carbocycles. The van der Waals surface area contributed by atoms with E-state index in [1.54, 1.807) is 0 Å². The van der Waals surface area contributed by atoms with Crippen molar-refractivity contribution >= 4 is 0 Å². The molecule has 21 heavy (non-hydrogen) atoms. The van der Waals surface area contributed by atoms with E-state index in [4.69, 9.17) is 0 Å². The Bertz CT molecular complexity index is 714. The smallest absolute Gasteiger partial charge is 0.0740 e. The lowest BCUT2D eigenvalue weighted by Gasteiger charge is -2.16. The molecule has 0 spiro atoms. The largest absolute Gasteiger partial charge is 0.256 e. The highest BCUT2D eigenvalue weighted by molar-refractivity contribution is 5.64. The summed E-state index contributed by atoms with van der Waals surface area (Å²) in [6.07, 6.45) is 1.87. The third-order valence-electron chi connectivity index (χ3n) is 3.93. The molecule has 1 heteroatoms. The highest BCUT2D eigenvalue weighted by Crippen LogP contribution is 2.31. The summed E-state index contributed by atoms with van der Waals surface area (Å²) in [5.74, 6) is 0.330. The molecule has 0 bridgehead atoms. The second-order valence-electron chi connectivity index (χ2n) is 5.44. The summed E-state index contributed by atoms with van der Waals surface area (Å²) in [6.45, 7) is 4.35. The van der Waals surface area contributed by atoms with Crippen molar-refractivity contribution in [1.82, 2.24) is 4.98 Å². The van der Waals surface area contributed by atoms with E-state index in [0.717, 1.165) is 5.69 Å². The van der Waals surface area contributed by atoms with Crippen molar-refractivity contribution in [2.24, 2.45) is 0 Å². The molecule has 1 atom stereocenters. The molecule has 1 unspecified atom stereocenters. The summed E-state index contributed by atoms with van der Waals surface area (Å²) in [5, 5.41) is 0. The monoisotopic (exact) mass is 273 g/mol. The Morgan fingerprint density at radius 2 is 1.52 bits per heavy atom. The third-order valence-corrected chi connectivity index (χ3v) is 3.93. The molecule has 1 heterocycles. The van der Waals surface area contributed by atoms with E-state index in [-0.39, 0.29) is 0 Å². The van der Waals surface area contributed by atoms with Gasteiger partial charge in [-0.2, -0.15) is 0 Å². The quantitative estimate of drug-likeness (QED) is 0.638. The Balaban J connectivity index is 2.06. The van der Waals surface area contributed by atoms with Crippen LogP contribution in [-0.2, 0) is 0 Å². The summed E-state index contributed by atoms with van der Waals surface area (Å²) in [6, 6.07) is 23.4. The predicted octanol–water partition coefficient (Wildman–Crippen LogP) is 5.21. The van der Waals surface area contributed by atoms with Crippen LogP contribution >= 0.6 is 0 Å². The van der Waals surface area contributed by atoms with E-state index < -0.39 is 0 Å². The van der Waals surface area contributed by atoms with E-state index in [0.29, 0.717) is 5.92 Å². The molecular formula is C20H19N. The summed E-state index contributed by atoms with van der Waals surface area (Å²) in [7, 11) is 0. The molecule has 0 amide bonds. The van der Waals surface area contributed by atoms with Gasteiger partial charge < -0.3 is 0 Å². The number of pyridine rings is 1. The van der Waals surface area contributed by atoms with Gasteiger partial charge in [0.25, 0.3) is 0 Å². The van der Waals surface area contributed by atoms with Crippen molar-refractivity contribution in [2.75, 3.05) is 0 Å². The Morgan fingerprint density at radius 3 is 2.24 bits per heavy atom. The van der Waals surface area contributed by atoms with Gasteiger partial charge in [0, 0.05) is 17.7 Å². The minimum Gasteiger partial charge on any atom is -0.256 e. The molecule has 0 aliphatic carbocycles. The van der Waals surface area contributed by atoms with Crippen LogP contribution in [0, 0.1) is 6.92 Å². The van der Waals surface area contributed by atoms with Crippen LogP contribution in [0.25, 0.3) is 11.3 Å². The molecule has 0 aliphatic rings. The number of nitrogens with zero attached hydrogens (tertiary/aromatic N) is 1. The first-order chi connectivity index (χ1) is 10.3. The number of aryl methyl sites for hydroxylation is 1. The van der Waals surface area contributed by atoms with Crippen LogP contribution in [0.3, 0.4) is 0 Å². The molecule has 1 aromatic heterocycles. The molecule has 0 N–H and O–H groups in total. The van der Waals surface area contributed by atoms with Crippen molar-refractivity contribution < 1.29 is 0 Å². The lowest BCUT2D eigenvalue weighted by Crippen LogP contribution is -2.00. The molecule has 0 saturated heterocycles. The van der Waals surface area contributed by atoms with Crippen LogP contribution in [0.15, 0.2) is 72.9 Å². The Labute approximate surface area is 126 Å². The second kappa shape index (κ2) is 5.92. The van der Waals surface area contributed by atoms with Gasteiger partial charge in [0.15, 0.2) is 0 Å². The van der Waals surface area contributed by atoms with Gasteiger partial charge in [-0.05, 0) is 24.1 Å². The normalized spacial score (nSPS) is 12.1. The lowest BCUT2D eigenvalue weighted by atomic mass is 9.90. The Morgan fingerprint density at radius 1 is 0.810 bits per heavy atom. The molecule has 104 valence electrons. The molecular weight excluding hydrogens is 254 g/mol. The first-order valence-corrected chi connectivity index (χ1v) is 7.32.